The molecule has 0 amide bonds. The second kappa shape index (κ2) is 5.15. The minimum Gasteiger partial charge on any atom is -0.488 e. The summed E-state index contributed by atoms with van der Waals surface area (Å²) < 4.78 is 25.0. The van der Waals surface area contributed by atoms with E-state index in [0.29, 0.717) is 28.3 Å². The summed E-state index contributed by atoms with van der Waals surface area (Å²) in [5.41, 5.74) is 7.42. The molecule has 0 unspecified atom stereocenters. The van der Waals surface area contributed by atoms with E-state index in [9.17, 15) is 4.39 Å². The predicted octanol–water partition coefficient (Wildman–Crippen LogP) is 3.69. The number of aryl methyl sites for hydroxylation is 1. The van der Waals surface area contributed by atoms with Gasteiger partial charge in [0.15, 0.2) is 0 Å². The Balaban J connectivity index is 1.92. The minimum atomic E-state index is -0.376. The first-order valence-corrected chi connectivity index (χ1v) is 6.82. The van der Waals surface area contributed by atoms with E-state index in [2.05, 4.69) is 5.16 Å². The van der Waals surface area contributed by atoms with E-state index in [1.807, 2.05) is 0 Å². The molecule has 0 atom stereocenters. The van der Waals surface area contributed by atoms with Crippen molar-refractivity contribution in [2.45, 2.75) is 38.7 Å². The van der Waals surface area contributed by atoms with Gasteiger partial charge < -0.3 is 15.0 Å². The van der Waals surface area contributed by atoms with Crippen molar-refractivity contribution in [1.29, 1.82) is 0 Å². The van der Waals surface area contributed by atoms with Gasteiger partial charge in [0.25, 0.3) is 0 Å². The SMILES string of the molecule is Cc1oncc1-c1cc(N)c(OC2CCCC2)cc1F. The van der Waals surface area contributed by atoms with Crippen LogP contribution in [0.25, 0.3) is 11.1 Å². The molecule has 106 valence electrons. The molecule has 2 aromatic rings. The summed E-state index contributed by atoms with van der Waals surface area (Å²) in [6.45, 7) is 1.74. The number of nitrogens with two attached hydrogens (primary N) is 1. The Bertz CT molecular complexity index is 618. The third-order valence-corrected chi connectivity index (χ3v) is 3.74. The monoisotopic (exact) mass is 276 g/mol. The number of ether oxygens (including phenoxy) is 1. The Morgan fingerprint density at radius 2 is 2.05 bits per heavy atom. The van der Waals surface area contributed by atoms with Gasteiger partial charge in [-0.25, -0.2) is 4.39 Å². The zero-order valence-corrected chi connectivity index (χ0v) is 11.4. The van der Waals surface area contributed by atoms with Gasteiger partial charge in [-0.05, 0) is 38.7 Å². The highest BCUT2D eigenvalue weighted by molar-refractivity contribution is 5.72. The Hall–Kier alpha value is -2.04. The number of nitrogens with zero attached hydrogens (tertiary/aromatic N) is 1. The number of aromatic nitrogens is 1. The van der Waals surface area contributed by atoms with Crippen LogP contribution in [0.5, 0.6) is 5.75 Å². The zero-order chi connectivity index (χ0) is 14.1. The summed E-state index contributed by atoms with van der Waals surface area (Å²) in [4.78, 5) is 0. The fourth-order valence-electron chi connectivity index (χ4n) is 2.62. The standard InChI is InChI=1S/C15H17FN2O2/c1-9-12(8-18-20-9)11-6-14(17)15(7-13(11)16)19-10-4-2-3-5-10/h6-8,10H,2-5,17H2,1H3. The van der Waals surface area contributed by atoms with E-state index in [0.717, 1.165) is 25.7 Å². The van der Waals surface area contributed by atoms with Crippen molar-refractivity contribution in [2.24, 2.45) is 0 Å². The molecule has 1 heterocycles. The molecule has 0 radical (unpaired) electrons. The highest BCUT2D eigenvalue weighted by atomic mass is 19.1. The lowest BCUT2D eigenvalue weighted by Gasteiger charge is -2.16. The summed E-state index contributed by atoms with van der Waals surface area (Å²) in [7, 11) is 0. The molecule has 1 saturated carbocycles. The summed E-state index contributed by atoms with van der Waals surface area (Å²) in [6, 6.07) is 2.94. The molecule has 1 aliphatic carbocycles. The molecule has 2 N–H and O–H groups in total. The Morgan fingerprint density at radius 1 is 1.30 bits per heavy atom. The van der Waals surface area contributed by atoms with Crippen LogP contribution < -0.4 is 10.5 Å². The van der Waals surface area contributed by atoms with Gasteiger partial charge in [0.2, 0.25) is 0 Å². The molecule has 5 heteroatoms. The lowest BCUT2D eigenvalue weighted by molar-refractivity contribution is 0.210. The number of anilines is 1. The van der Waals surface area contributed by atoms with Gasteiger partial charge in [0.1, 0.15) is 17.3 Å². The van der Waals surface area contributed by atoms with Gasteiger partial charge in [-0.1, -0.05) is 5.16 Å². The molecule has 0 saturated heterocycles. The predicted molar refractivity (Wildman–Crippen MR) is 73.9 cm³/mol. The third kappa shape index (κ3) is 2.35. The van der Waals surface area contributed by atoms with E-state index in [-0.39, 0.29) is 11.9 Å². The van der Waals surface area contributed by atoms with Gasteiger partial charge in [0, 0.05) is 17.2 Å². The second-order valence-corrected chi connectivity index (χ2v) is 5.19. The van der Waals surface area contributed by atoms with Crippen LogP contribution in [-0.2, 0) is 0 Å². The van der Waals surface area contributed by atoms with Crippen LogP contribution in [0.1, 0.15) is 31.4 Å². The highest BCUT2D eigenvalue weighted by Crippen LogP contribution is 2.35. The summed E-state index contributed by atoms with van der Waals surface area (Å²) in [5, 5.41) is 3.66. The third-order valence-electron chi connectivity index (χ3n) is 3.74. The molecular weight excluding hydrogens is 259 g/mol. The quantitative estimate of drug-likeness (QED) is 0.868. The average Bonchev–Trinajstić information content (AvgIpc) is 3.05. The largest absolute Gasteiger partial charge is 0.488 e. The fourth-order valence-corrected chi connectivity index (χ4v) is 2.62. The number of rotatable bonds is 3. The lowest BCUT2D eigenvalue weighted by atomic mass is 10.1. The molecule has 0 bridgehead atoms. The topological polar surface area (TPSA) is 61.3 Å². The van der Waals surface area contributed by atoms with Crippen molar-refractivity contribution in [2.75, 3.05) is 5.73 Å². The molecule has 4 nitrogen and oxygen atoms in total. The van der Waals surface area contributed by atoms with Gasteiger partial charge in [-0.2, -0.15) is 0 Å². The normalized spacial score (nSPS) is 15.7. The van der Waals surface area contributed by atoms with Crippen LogP contribution in [0.15, 0.2) is 22.9 Å². The molecular formula is C15H17FN2O2. The highest BCUT2D eigenvalue weighted by Gasteiger charge is 2.20. The number of hydrogen-bond acceptors (Lipinski definition) is 4. The first-order valence-electron chi connectivity index (χ1n) is 6.82. The summed E-state index contributed by atoms with van der Waals surface area (Å²) >= 11 is 0. The maximum atomic E-state index is 14.2. The lowest BCUT2D eigenvalue weighted by Crippen LogP contribution is -2.12. The molecule has 1 aromatic heterocycles. The van der Waals surface area contributed by atoms with Gasteiger partial charge in [0.05, 0.1) is 18.0 Å². The Morgan fingerprint density at radius 3 is 2.70 bits per heavy atom. The summed E-state index contributed by atoms with van der Waals surface area (Å²) in [6.07, 6.45) is 5.97. The van der Waals surface area contributed by atoms with Crippen molar-refractivity contribution in [3.05, 3.63) is 29.9 Å². The van der Waals surface area contributed by atoms with E-state index >= 15 is 0 Å². The zero-order valence-electron chi connectivity index (χ0n) is 11.4. The molecule has 1 aromatic carbocycles. The fraction of sp³-hybridized carbons (Fsp3) is 0.400. The van der Waals surface area contributed by atoms with Gasteiger partial charge in [-0.15, -0.1) is 0 Å². The van der Waals surface area contributed by atoms with Crippen LogP contribution in [0, 0.1) is 12.7 Å². The van der Waals surface area contributed by atoms with Crippen LogP contribution in [0.3, 0.4) is 0 Å². The first kappa shape index (κ1) is 13.0. The van der Waals surface area contributed by atoms with Crippen LogP contribution in [-0.4, -0.2) is 11.3 Å². The minimum absolute atomic E-state index is 0.153. The molecule has 0 aliphatic heterocycles. The number of hydrogen-bond donors (Lipinski definition) is 1. The second-order valence-electron chi connectivity index (χ2n) is 5.19. The summed E-state index contributed by atoms with van der Waals surface area (Å²) in [5.74, 6) is 0.610. The number of nitrogen functional groups attached to an aromatic ring is 1. The maximum absolute atomic E-state index is 14.2. The van der Waals surface area contributed by atoms with Crippen molar-refractivity contribution in [1.82, 2.24) is 5.16 Å². The molecule has 3 rings (SSSR count). The number of benzene rings is 1. The number of halogens is 1. The molecule has 1 aliphatic rings. The van der Waals surface area contributed by atoms with Crippen molar-refractivity contribution in [3.63, 3.8) is 0 Å². The van der Waals surface area contributed by atoms with Crippen molar-refractivity contribution < 1.29 is 13.7 Å². The Kier molecular flexibility index (Phi) is 3.34. The van der Waals surface area contributed by atoms with Crippen molar-refractivity contribution in [3.8, 4) is 16.9 Å². The van der Waals surface area contributed by atoms with Crippen LogP contribution in [0.2, 0.25) is 0 Å². The van der Waals surface area contributed by atoms with Crippen LogP contribution in [0.4, 0.5) is 10.1 Å². The smallest absolute Gasteiger partial charge is 0.145 e. The van der Waals surface area contributed by atoms with E-state index in [1.165, 1.54) is 12.3 Å². The maximum Gasteiger partial charge on any atom is 0.145 e. The molecule has 20 heavy (non-hydrogen) atoms. The Labute approximate surface area is 116 Å². The average molecular weight is 276 g/mol. The van der Waals surface area contributed by atoms with E-state index in [4.69, 9.17) is 15.0 Å². The molecule has 1 fully saturated rings. The van der Waals surface area contributed by atoms with Crippen LogP contribution >= 0.6 is 0 Å². The van der Waals surface area contributed by atoms with E-state index < -0.39 is 0 Å². The molecule has 0 spiro atoms. The van der Waals surface area contributed by atoms with Gasteiger partial charge >= 0.3 is 0 Å². The van der Waals surface area contributed by atoms with Gasteiger partial charge in [-0.3, -0.25) is 0 Å². The first-order chi connectivity index (χ1) is 9.65. The van der Waals surface area contributed by atoms with E-state index in [1.54, 1.807) is 13.0 Å². The van der Waals surface area contributed by atoms with Crippen molar-refractivity contribution >= 4 is 5.69 Å².